The number of imidazole rings is 1. The topological polar surface area (TPSA) is 95.6 Å². The molecular formula is C7H8N6. The molecule has 0 aliphatic heterocycles. The molecule has 0 saturated carbocycles. The average Bonchev–Trinajstić information content (AvgIpc) is 2.62. The molecule has 0 aromatic carbocycles. The predicted octanol–water partition coefficient (Wildman–Crippen LogP) is -0.173. The highest BCUT2D eigenvalue weighted by molar-refractivity contribution is 5.56. The lowest BCUT2D eigenvalue weighted by Crippen LogP contribution is -2.04. The highest BCUT2D eigenvalue weighted by Gasteiger charge is 2.01. The summed E-state index contributed by atoms with van der Waals surface area (Å²) in [4.78, 5) is 11.8. The van der Waals surface area contributed by atoms with Crippen molar-refractivity contribution >= 4 is 11.5 Å². The molecule has 0 atom stereocenters. The standard InChI is InChI=1S/C7H8N6/c8-5-3-11-7(12-6(5)9)13-2-1-10-4-13/h1-4H,8H2,(H2,9,11,12). The number of anilines is 2. The van der Waals surface area contributed by atoms with E-state index in [0.717, 1.165) is 0 Å². The van der Waals surface area contributed by atoms with Crippen LogP contribution in [0.3, 0.4) is 0 Å². The Morgan fingerprint density at radius 3 is 2.77 bits per heavy atom. The van der Waals surface area contributed by atoms with Gasteiger partial charge in [0.2, 0.25) is 5.95 Å². The van der Waals surface area contributed by atoms with Crippen LogP contribution in [0, 0.1) is 0 Å². The van der Waals surface area contributed by atoms with E-state index in [9.17, 15) is 0 Å². The Labute approximate surface area is 74.2 Å². The van der Waals surface area contributed by atoms with Gasteiger partial charge in [0.25, 0.3) is 0 Å². The van der Waals surface area contributed by atoms with E-state index in [-0.39, 0.29) is 5.82 Å². The van der Waals surface area contributed by atoms with Gasteiger partial charge in [-0.15, -0.1) is 0 Å². The third kappa shape index (κ3) is 1.28. The Bertz CT molecular complexity index is 407. The molecule has 66 valence electrons. The van der Waals surface area contributed by atoms with E-state index < -0.39 is 0 Å². The van der Waals surface area contributed by atoms with Crippen LogP contribution in [0.15, 0.2) is 24.9 Å². The molecule has 0 aliphatic rings. The van der Waals surface area contributed by atoms with Crippen LogP contribution < -0.4 is 11.5 Å². The van der Waals surface area contributed by atoms with Gasteiger partial charge in [-0.1, -0.05) is 0 Å². The Balaban J connectivity index is 2.49. The van der Waals surface area contributed by atoms with Gasteiger partial charge in [0.1, 0.15) is 6.33 Å². The van der Waals surface area contributed by atoms with Crippen LogP contribution in [0.4, 0.5) is 11.5 Å². The maximum atomic E-state index is 5.52. The summed E-state index contributed by atoms with van der Waals surface area (Å²) < 4.78 is 1.65. The Morgan fingerprint density at radius 1 is 1.31 bits per heavy atom. The Kier molecular flexibility index (Phi) is 1.59. The van der Waals surface area contributed by atoms with Crippen LogP contribution in [0.5, 0.6) is 0 Å². The van der Waals surface area contributed by atoms with Crippen LogP contribution in [-0.4, -0.2) is 19.5 Å². The van der Waals surface area contributed by atoms with Crippen LogP contribution in [0.1, 0.15) is 0 Å². The zero-order valence-corrected chi connectivity index (χ0v) is 6.75. The molecule has 0 spiro atoms. The van der Waals surface area contributed by atoms with Crippen molar-refractivity contribution in [3.05, 3.63) is 24.9 Å². The number of nitrogens with zero attached hydrogens (tertiary/aromatic N) is 4. The summed E-state index contributed by atoms with van der Waals surface area (Å²) in [6.07, 6.45) is 6.42. The number of aromatic nitrogens is 4. The van der Waals surface area contributed by atoms with E-state index in [1.54, 1.807) is 23.3 Å². The second kappa shape index (κ2) is 2.74. The van der Waals surface area contributed by atoms with E-state index in [1.165, 1.54) is 6.20 Å². The molecule has 2 aromatic rings. The van der Waals surface area contributed by atoms with Gasteiger partial charge >= 0.3 is 0 Å². The zero-order chi connectivity index (χ0) is 9.26. The minimum absolute atomic E-state index is 0.277. The largest absolute Gasteiger partial charge is 0.394 e. The quantitative estimate of drug-likeness (QED) is 0.628. The molecule has 6 heteroatoms. The van der Waals surface area contributed by atoms with Crippen molar-refractivity contribution in [3.63, 3.8) is 0 Å². The maximum Gasteiger partial charge on any atom is 0.236 e. The zero-order valence-electron chi connectivity index (χ0n) is 6.75. The first-order chi connectivity index (χ1) is 6.27. The van der Waals surface area contributed by atoms with E-state index in [1.807, 2.05) is 0 Å². The summed E-state index contributed by atoms with van der Waals surface area (Å²) in [5.41, 5.74) is 11.4. The molecule has 2 rings (SSSR count). The van der Waals surface area contributed by atoms with Gasteiger partial charge in [0.15, 0.2) is 5.82 Å². The summed E-state index contributed by atoms with van der Waals surface area (Å²) in [6.45, 7) is 0. The number of rotatable bonds is 1. The van der Waals surface area contributed by atoms with Gasteiger partial charge in [0.05, 0.1) is 11.9 Å². The number of hydrogen-bond donors (Lipinski definition) is 2. The fraction of sp³-hybridized carbons (Fsp3) is 0. The molecule has 0 aliphatic carbocycles. The first-order valence-corrected chi connectivity index (χ1v) is 3.63. The second-order valence-electron chi connectivity index (χ2n) is 2.48. The van der Waals surface area contributed by atoms with Crippen molar-refractivity contribution in [1.29, 1.82) is 0 Å². The van der Waals surface area contributed by atoms with Crippen molar-refractivity contribution < 1.29 is 0 Å². The Morgan fingerprint density at radius 2 is 2.15 bits per heavy atom. The van der Waals surface area contributed by atoms with Gasteiger partial charge in [-0.2, -0.15) is 4.98 Å². The summed E-state index contributed by atoms with van der Waals surface area (Å²) in [6, 6.07) is 0. The first kappa shape index (κ1) is 7.53. The number of nitrogen functional groups attached to an aromatic ring is 2. The van der Waals surface area contributed by atoms with E-state index in [0.29, 0.717) is 11.6 Å². The predicted molar refractivity (Wildman–Crippen MR) is 48.0 cm³/mol. The lowest BCUT2D eigenvalue weighted by molar-refractivity contribution is 0.931. The van der Waals surface area contributed by atoms with E-state index >= 15 is 0 Å². The second-order valence-corrected chi connectivity index (χ2v) is 2.48. The van der Waals surface area contributed by atoms with Gasteiger partial charge in [-0.25, -0.2) is 9.97 Å². The SMILES string of the molecule is Nc1cnc(-n2ccnc2)nc1N. The summed E-state index contributed by atoms with van der Waals surface area (Å²) in [5.74, 6) is 0.739. The molecule has 2 aromatic heterocycles. The van der Waals surface area contributed by atoms with Crippen molar-refractivity contribution in [2.24, 2.45) is 0 Å². The molecule has 0 amide bonds. The fourth-order valence-electron chi connectivity index (χ4n) is 0.896. The molecule has 0 fully saturated rings. The minimum atomic E-state index is 0.277. The van der Waals surface area contributed by atoms with Gasteiger partial charge in [0, 0.05) is 12.4 Å². The van der Waals surface area contributed by atoms with Gasteiger partial charge < -0.3 is 11.5 Å². The molecule has 0 radical (unpaired) electrons. The third-order valence-corrected chi connectivity index (χ3v) is 1.57. The summed E-state index contributed by atoms with van der Waals surface area (Å²) in [7, 11) is 0. The van der Waals surface area contributed by atoms with Gasteiger partial charge in [-0.3, -0.25) is 4.57 Å². The Hall–Kier alpha value is -2.11. The molecule has 0 saturated heterocycles. The monoisotopic (exact) mass is 176 g/mol. The summed E-state index contributed by atoms with van der Waals surface area (Å²) in [5, 5.41) is 0. The van der Waals surface area contributed by atoms with Crippen molar-refractivity contribution in [3.8, 4) is 5.95 Å². The average molecular weight is 176 g/mol. The molecule has 6 nitrogen and oxygen atoms in total. The maximum absolute atomic E-state index is 5.52. The molecule has 13 heavy (non-hydrogen) atoms. The fourth-order valence-corrected chi connectivity index (χ4v) is 0.896. The highest BCUT2D eigenvalue weighted by atomic mass is 15.2. The van der Waals surface area contributed by atoms with Crippen LogP contribution in [-0.2, 0) is 0 Å². The van der Waals surface area contributed by atoms with E-state index in [2.05, 4.69) is 15.0 Å². The first-order valence-electron chi connectivity index (χ1n) is 3.63. The smallest absolute Gasteiger partial charge is 0.236 e. The molecule has 2 heterocycles. The minimum Gasteiger partial charge on any atom is -0.394 e. The third-order valence-electron chi connectivity index (χ3n) is 1.57. The molecule has 4 N–H and O–H groups in total. The lowest BCUT2D eigenvalue weighted by atomic mass is 10.5. The van der Waals surface area contributed by atoms with Crippen molar-refractivity contribution in [1.82, 2.24) is 19.5 Å². The van der Waals surface area contributed by atoms with Crippen molar-refractivity contribution in [2.45, 2.75) is 0 Å². The highest BCUT2D eigenvalue weighted by Crippen LogP contribution is 2.10. The normalized spacial score (nSPS) is 10.2. The number of nitrogens with two attached hydrogens (primary N) is 2. The number of hydrogen-bond acceptors (Lipinski definition) is 5. The van der Waals surface area contributed by atoms with Gasteiger partial charge in [-0.05, 0) is 0 Å². The van der Waals surface area contributed by atoms with Crippen LogP contribution >= 0.6 is 0 Å². The van der Waals surface area contributed by atoms with E-state index in [4.69, 9.17) is 11.5 Å². The molecular weight excluding hydrogens is 168 g/mol. The van der Waals surface area contributed by atoms with Crippen LogP contribution in [0.25, 0.3) is 5.95 Å². The molecule has 0 unspecified atom stereocenters. The lowest BCUT2D eigenvalue weighted by Gasteiger charge is -2.02. The van der Waals surface area contributed by atoms with Crippen LogP contribution in [0.2, 0.25) is 0 Å². The van der Waals surface area contributed by atoms with Crippen molar-refractivity contribution in [2.75, 3.05) is 11.5 Å². The summed E-state index contributed by atoms with van der Waals surface area (Å²) >= 11 is 0. The molecule has 0 bridgehead atoms.